The zero-order chi connectivity index (χ0) is 6.27. The molecule has 0 aromatic heterocycles. The number of hydrogen-bond acceptors (Lipinski definition) is 0. The van der Waals surface area contributed by atoms with Crippen molar-refractivity contribution < 1.29 is 0 Å². The first-order valence-electron chi connectivity index (χ1n) is 4.43. The van der Waals surface area contributed by atoms with Crippen molar-refractivity contribution in [3.8, 4) is 0 Å². The highest BCUT2D eigenvalue weighted by Crippen LogP contribution is 2.59. The van der Waals surface area contributed by atoms with E-state index in [4.69, 9.17) is 0 Å². The molecule has 2 aliphatic carbocycles. The summed E-state index contributed by atoms with van der Waals surface area (Å²) in [5.41, 5.74) is 0. The van der Waals surface area contributed by atoms with E-state index < -0.39 is 0 Å². The third-order valence-corrected chi connectivity index (χ3v) is 3.21. The van der Waals surface area contributed by atoms with Gasteiger partial charge in [-0.2, -0.15) is 0 Å². The molecule has 0 spiro atoms. The molecule has 3 atom stereocenters. The van der Waals surface area contributed by atoms with Gasteiger partial charge in [0.15, 0.2) is 0 Å². The fraction of sp³-hybridized carbons (Fsp3) is 1.00. The van der Waals surface area contributed by atoms with Crippen LogP contribution in [0.5, 0.6) is 0 Å². The summed E-state index contributed by atoms with van der Waals surface area (Å²) in [6.45, 7) is 2.31. The molecule has 2 aliphatic rings. The van der Waals surface area contributed by atoms with Crippen LogP contribution in [-0.4, -0.2) is 0 Å². The Morgan fingerprint density at radius 1 is 1.22 bits per heavy atom. The molecule has 2 fully saturated rings. The molecule has 0 radical (unpaired) electrons. The molecular formula is C9H16. The van der Waals surface area contributed by atoms with Crippen LogP contribution in [0.4, 0.5) is 0 Å². The normalized spacial score (nSPS) is 47.0. The Labute approximate surface area is 57.6 Å². The maximum absolute atomic E-state index is 2.31. The van der Waals surface area contributed by atoms with Crippen LogP contribution in [0.3, 0.4) is 0 Å². The summed E-state index contributed by atoms with van der Waals surface area (Å²) in [6.07, 6.45) is 7.60. The van der Waals surface area contributed by atoms with E-state index in [0.717, 1.165) is 0 Å². The molecule has 2 unspecified atom stereocenters. The fourth-order valence-electron chi connectivity index (χ4n) is 2.73. The van der Waals surface area contributed by atoms with Gasteiger partial charge < -0.3 is 0 Å². The van der Waals surface area contributed by atoms with E-state index in [-0.39, 0.29) is 0 Å². The van der Waals surface area contributed by atoms with Gasteiger partial charge in [-0.05, 0) is 30.6 Å². The van der Waals surface area contributed by atoms with Crippen molar-refractivity contribution in [1.82, 2.24) is 0 Å². The zero-order valence-corrected chi connectivity index (χ0v) is 6.27. The Morgan fingerprint density at radius 2 is 1.89 bits per heavy atom. The zero-order valence-electron chi connectivity index (χ0n) is 6.27. The molecule has 0 aromatic carbocycles. The molecular weight excluding hydrogens is 108 g/mol. The van der Waals surface area contributed by atoms with Crippen LogP contribution in [0.2, 0.25) is 0 Å². The highest BCUT2D eigenvalue weighted by atomic mass is 14.6. The van der Waals surface area contributed by atoms with Crippen LogP contribution in [-0.2, 0) is 0 Å². The van der Waals surface area contributed by atoms with E-state index in [1.165, 1.54) is 37.0 Å². The van der Waals surface area contributed by atoms with E-state index in [2.05, 4.69) is 6.92 Å². The highest BCUT2D eigenvalue weighted by molar-refractivity contribution is 5.00. The third-order valence-electron chi connectivity index (χ3n) is 3.21. The SMILES string of the molecule is CCCC1C2CCC[C@H]12. The molecule has 0 aromatic rings. The molecule has 0 heteroatoms. The Morgan fingerprint density at radius 3 is 2.44 bits per heavy atom. The summed E-state index contributed by atoms with van der Waals surface area (Å²) in [5.74, 6) is 3.58. The summed E-state index contributed by atoms with van der Waals surface area (Å²) in [6, 6.07) is 0. The van der Waals surface area contributed by atoms with Crippen LogP contribution in [0.1, 0.15) is 39.0 Å². The molecule has 2 saturated carbocycles. The smallest absolute Gasteiger partial charge is 0.0352 e. The average Bonchev–Trinajstić information content (AvgIpc) is 2.39. The molecule has 0 nitrogen and oxygen atoms in total. The molecule has 0 saturated heterocycles. The molecule has 0 amide bonds. The third kappa shape index (κ3) is 0.798. The fourth-order valence-corrected chi connectivity index (χ4v) is 2.73. The summed E-state index contributed by atoms with van der Waals surface area (Å²) >= 11 is 0. The van der Waals surface area contributed by atoms with Gasteiger partial charge in [0.2, 0.25) is 0 Å². The summed E-state index contributed by atoms with van der Waals surface area (Å²) in [4.78, 5) is 0. The monoisotopic (exact) mass is 124 g/mol. The van der Waals surface area contributed by atoms with Gasteiger partial charge in [0.25, 0.3) is 0 Å². The van der Waals surface area contributed by atoms with Crippen molar-refractivity contribution in [3.63, 3.8) is 0 Å². The second kappa shape index (κ2) is 2.00. The Kier molecular flexibility index (Phi) is 1.28. The lowest BCUT2D eigenvalue weighted by Gasteiger charge is -1.97. The molecule has 9 heavy (non-hydrogen) atoms. The van der Waals surface area contributed by atoms with Gasteiger partial charge in [-0.3, -0.25) is 0 Å². The molecule has 52 valence electrons. The molecule has 0 heterocycles. The van der Waals surface area contributed by atoms with Crippen LogP contribution < -0.4 is 0 Å². The van der Waals surface area contributed by atoms with Crippen LogP contribution >= 0.6 is 0 Å². The van der Waals surface area contributed by atoms with E-state index in [1.807, 2.05) is 0 Å². The summed E-state index contributed by atoms with van der Waals surface area (Å²) in [7, 11) is 0. The Balaban J connectivity index is 1.81. The van der Waals surface area contributed by atoms with E-state index in [0.29, 0.717) is 0 Å². The van der Waals surface area contributed by atoms with Crippen molar-refractivity contribution in [1.29, 1.82) is 0 Å². The topological polar surface area (TPSA) is 0 Å². The van der Waals surface area contributed by atoms with Crippen molar-refractivity contribution >= 4 is 0 Å². The number of fused-ring (bicyclic) bond motifs is 1. The summed E-state index contributed by atoms with van der Waals surface area (Å²) in [5, 5.41) is 0. The average molecular weight is 124 g/mol. The molecule has 2 rings (SSSR count). The largest absolute Gasteiger partial charge is 0.0654 e. The van der Waals surface area contributed by atoms with Gasteiger partial charge >= 0.3 is 0 Å². The van der Waals surface area contributed by atoms with E-state index in [1.54, 1.807) is 12.8 Å². The van der Waals surface area contributed by atoms with Gasteiger partial charge in [0, 0.05) is 0 Å². The molecule has 0 bridgehead atoms. The second-order valence-corrected chi connectivity index (χ2v) is 3.71. The minimum absolute atomic E-state index is 1.18. The maximum atomic E-state index is 2.31. The van der Waals surface area contributed by atoms with E-state index >= 15 is 0 Å². The van der Waals surface area contributed by atoms with Crippen LogP contribution in [0.25, 0.3) is 0 Å². The minimum atomic E-state index is 1.18. The van der Waals surface area contributed by atoms with Crippen molar-refractivity contribution in [2.45, 2.75) is 39.0 Å². The lowest BCUT2D eigenvalue weighted by atomic mass is 10.1. The van der Waals surface area contributed by atoms with Gasteiger partial charge in [-0.1, -0.05) is 26.2 Å². The standard InChI is InChI=1S/C9H16/c1-2-4-7-8-5-3-6-9(7)8/h7-9H,2-6H2,1H3/t7?,8-,9?/m1/s1. The Hall–Kier alpha value is 0. The summed E-state index contributed by atoms with van der Waals surface area (Å²) < 4.78 is 0. The van der Waals surface area contributed by atoms with Crippen LogP contribution in [0.15, 0.2) is 0 Å². The lowest BCUT2D eigenvalue weighted by molar-refractivity contribution is 0.546. The number of hydrogen-bond donors (Lipinski definition) is 0. The Bertz CT molecular complexity index is 96.6. The van der Waals surface area contributed by atoms with Crippen LogP contribution in [0, 0.1) is 17.8 Å². The quantitative estimate of drug-likeness (QED) is 0.531. The van der Waals surface area contributed by atoms with Crippen molar-refractivity contribution in [2.75, 3.05) is 0 Å². The predicted octanol–water partition coefficient (Wildman–Crippen LogP) is 2.83. The first-order chi connectivity index (χ1) is 4.43. The van der Waals surface area contributed by atoms with Gasteiger partial charge in [0.05, 0.1) is 0 Å². The van der Waals surface area contributed by atoms with Crippen molar-refractivity contribution in [3.05, 3.63) is 0 Å². The first-order valence-corrected chi connectivity index (χ1v) is 4.43. The van der Waals surface area contributed by atoms with Gasteiger partial charge in [-0.15, -0.1) is 0 Å². The maximum Gasteiger partial charge on any atom is -0.0352 e. The predicted molar refractivity (Wildman–Crippen MR) is 39.2 cm³/mol. The minimum Gasteiger partial charge on any atom is -0.0654 e. The first kappa shape index (κ1) is 5.76. The van der Waals surface area contributed by atoms with Crippen molar-refractivity contribution in [2.24, 2.45) is 17.8 Å². The second-order valence-electron chi connectivity index (χ2n) is 3.71. The lowest BCUT2D eigenvalue weighted by Crippen LogP contribution is -1.85. The number of rotatable bonds is 2. The highest BCUT2D eigenvalue weighted by Gasteiger charge is 2.51. The van der Waals surface area contributed by atoms with E-state index in [9.17, 15) is 0 Å². The van der Waals surface area contributed by atoms with Gasteiger partial charge in [-0.25, -0.2) is 0 Å². The molecule has 0 N–H and O–H groups in total. The van der Waals surface area contributed by atoms with Gasteiger partial charge in [0.1, 0.15) is 0 Å². The molecule has 0 aliphatic heterocycles.